The number of rotatable bonds is 3. The lowest BCUT2D eigenvalue weighted by Crippen LogP contribution is -2.30. The standard InChI is InChI=1S/C8H13N3O4/c1-5(2)4-14-8(12)9-7-6(3)10-15-11(7)13/h5H,4H2,1-3H3,(H,9,12). The summed E-state index contributed by atoms with van der Waals surface area (Å²) < 4.78 is 9.08. The number of carbonyl (C=O) groups excluding carboxylic acids is 1. The molecule has 0 saturated heterocycles. The zero-order valence-corrected chi connectivity index (χ0v) is 8.81. The number of hydrogen-bond acceptors (Lipinski definition) is 5. The summed E-state index contributed by atoms with van der Waals surface area (Å²) in [5, 5.41) is 16.5. The normalized spacial score (nSPS) is 10.4. The number of hydrogen-bond donors (Lipinski definition) is 1. The van der Waals surface area contributed by atoms with Crippen LogP contribution in [0.25, 0.3) is 0 Å². The van der Waals surface area contributed by atoms with Gasteiger partial charge in [0.2, 0.25) is 5.69 Å². The van der Waals surface area contributed by atoms with Crippen LogP contribution in [0.1, 0.15) is 19.5 Å². The molecule has 0 aliphatic carbocycles. The Kier molecular flexibility index (Phi) is 3.48. The Bertz CT molecular complexity index is 328. The average Bonchev–Trinajstić information content (AvgIpc) is 2.46. The van der Waals surface area contributed by atoms with E-state index in [9.17, 15) is 10.0 Å². The quantitative estimate of drug-likeness (QED) is 0.753. The highest BCUT2D eigenvalue weighted by atomic mass is 16.8. The van der Waals surface area contributed by atoms with Crippen molar-refractivity contribution in [2.24, 2.45) is 5.92 Å². The fourth-order valence-corrected chi connectivity index (χ4v) is 0.826. The second-order valence-corrected chi connectivity index (χ2v) is 3.48. The van der Waals surface area contributed by atoms with Gasteiger partial charge in [0, 0.05) is 6.92 Å². The van der Waals surface area contributed by atoms with Crippen molar-refractivity contribution in [3.63, 3.8) is 0 Å². The molecular weight excluding hydrogens is 202 g/mol. The van der Waals surface area contributed by atoms with Crippen LogP contribution in [0.15, 0.2) is 4.63 Å². The highest BCUT2D eigenvalue weighted by Crippen LogP contribution is 2.05. The zero-order valence-electron chi connectivity index (χ0n) is 8.81. The Labute approximate surface area is 86.5 Å². The summed E-state index contributed by atoms with van der Waals surface area (Å²) in [4.78, 5) is 11.3. The predicted molar refractivity (Wildman–Crippen MR) is 50.0 cm³/mol. The molecule has 1 aromatic rings. The molecule has 0 spiro atoms. The minimum absolute atomic E-state index is 0.0521. The van der Waals surface area contributed by atoms with E-state index < -0.39 is 6.09 Å². The van der Waals surface area contributed by atoms with Gasteiger partial charge in [-0.05, 0) is 11.1 Å². The average molecular weight is 215 g/mol. The van der Waals surface area contributed by atoms with E-state index in [4.69, 9.17) is 4.74 Å². The first-order valence-corrected chi connectivity index (χ1v) is 4.50. The molecule has 1 rings (SSSR count). The molecule has 1 N–H and O–H groups in total. The number of nitrogens with zero attached hydrogens (tertiary/aromatic N) is 2. The third kappa shape index (κ3) is 3.12. The van der Waals surface area contributed by atoms with Gasteiger partial charge in [0.25, 0.3) is 0 Å². The molecule has 0 fully saturated rings. The van der Waals surface area contributed by atoms with Crippen LogP contribution in [0.2, 0.25) is 0 Å². The first kappa shape index (κ1) is 11.3. The molecule has 0 atom stereocenters. The summed E-state index contributed by atoms with van der Waals surface area (Å²) in [6.07, 6.45) is -0.695. The lowest BCUT2D eigenvalue weighted by molar-refractivity contribution is -0.790. The van der Waals surface area contributed by atoms with Crippen molar-refractivity contribution in [3.05, 3.63) is 10.9 Å². The second kappa shape index (κ2) is 4.63. The van der Waals surface area contributed by atoms with Crippen LogP contribution < -0.4 is 10.2 Å². The number of carbonyl (C=O) groups is 1. The zero-order chi connectivity index (χ0) is 11.4. The molecule has 0 unspecified atom stereocenters. The molecule has 1 heterocycles. The van der Waals surface area contributed by atoms with Gasteiger partial charge in [-0.25, -0.2) is 10.1 Å². The minimum atomic E-state index is -0.695. The first-order chi connectivity index (χ1) is 7.00. The van der Waals surface area contributed by atoms with Crippen molar-refractivity contribution in [2.75, 3.05) is 11.9 Å². The molecular formula is C8H13N3O4. The second-order valence-electron chi connectivity index (χ2n) is 3.48. The number of amides is 1. The predicted octanol–water partition coefficient (Wildman–Crippen LogP) is 0.821. The highest BCUT2D eigenvalue weighted by Gasteiger charge is 2.18. The molecule has 15 heavy (non-hydrogen) atoms. The summed E-state index contributed by atoms with van der Waals surface area (Å²) in [5.74, 6) is 0.183. The maximum Gasteiger partial charge on any atom is 0.474 e. The van der Waals surface area contributed by atoms with Crippen molar-refractivity contribution < 1.29 is 19.1 Å². The molecule has 0 aliphatic heterocycles. The van der Waals surface area contributed by atoms with Gasteiger partial charge in [-0.2, -0.15) is 0 Å². The lowest BCUT2D eigenvalue weighted by Gasteiger charge is -2.05. The Morgan fingerprint density at radius 3 is 2.87 bits per heavy atom. The Balaban J connectivity index is 2.51. The van der Waals surface area contributed by atoms with Crippen LogP contribution in [-0.4, -0.2) is 17.9 Å². The van der Waals surface area contributed by atoms with Gasteiger partial charge >= 0.3 is 11.9 Å². The lowest BCUT2D eigenvalue weighted by atomic mass is 10.2. The van der Waals surface area contributed by atoms with Crippen LogP contribution >= 0.6 is 0 Å². The Morgan fingerprint density at radius 1 is 1.73 bits per heavy atom. The summed E-state index contributed by atoms with van der Waals surface area (Å²) in [6.45, 7) is 5.64. The molecule has 0 aromatic carbocycles. The van der Waals surface area contributed by atoms with Gasteiger partial charge in [-0.3, -0.25) is 0 Å². The van der Waals surface area contributed by atoms with Gasteiger partial charge in [0.15, 0.2) is 0 Å². The topological polar surface area (TPSA) is 91.3 Å². The van der Waals surface area contributed by atoms with Crippen molar-refractivity contribution in [1.29, 1.82) is 0 Å². The van der Waals surface area contributed by atoms with E-state index in [1.54, 1.807) is 0 Å². The maximum absolute atomic E-state index is 11.2. The van der Waals surface area contributed by atoms with Crippen molar-refractivity contribution in [1.82, 2.24) is 5.16 Å². The fourth-order valence-electron chi connectivity index (χ4n) is 0.826. The van der Waals surface area contributed by atoms with Gasteiger partial charge in [-0.15, -0.1) is 0 Å². The van der Waals surface area contributed by atoms with E-state index in [1.165, 1.54) is 6.92 Å². The summed E-state index contributed by atoms with van der Waals surface area (Å²) in [6, 6.07) is 0. The summed E-state index contributed by atoms with van der Waals surface area (Å²) >= 11 is 0. The van der Waals surface area contributed by atoms with Crippen molar-refractivity contribution in [2.45, 2.75) is 20.8 Å². The molecule has 84 valence electrons. The Hall–Kier alpha value is -1.79. The largest absolute Gasteiger partial charge is 0.474 e. The van der Waals surface area contributed by atoms with Crippen LogP contribution in [0.3, 0.4) is 0 Å². The smallest absolute Gasteiger partial charge is 0.437 e. The number of anilines is 1. The van der Waals surface area contributed by atoms with Gasteiger partial charge in [0.05, 0.1) is 6.61 Å². The van der Waals surface area contributed by atoms with Crippen LogP contribution in [0.4, 0.5) is 10.6 Å². The number of nitrogens with one attached hydrogen (secondary N) is 1. The molecule has 0 aliphatic rings. The van der Waals surface area contributed by atoms with E-state index in [0.29, 0.717) is 5.69 Å². The van der Waals surface area contributed by atoms with E-state index in [1.807, 2.05) is 13.8 Å². The summed E-state index contributed by atoms with van der Waals surface area (Å²) in [5.41, 5.74) is 0.298. The van der Waals surface area contributed by atoms with Crippen LogP contribution in [0.5, 0.6) is 0 Å². The van der Waals surface area contributed by atoms with E-state index >= 15 is 0 Å². The highest BCUT2D eigenvalue weighted by molar-refractivity contribution is 5.82. The van der Waals surface area contributed by atoms with Gasteiger partial charge < -0.3 is 14.6 Å². The molecule has 7 heteroatoms. The molecule has 0 radical (unpaired) electrons. The van der Waals surface area contributed by atoms with Crippen LogP contribution in [-0.2, 0) is 4.74 Å². The van der Waals surface area contributed by atoms with E-state index in [2.05, 4.69) is 15.1 Å². The van der Waals surface area contributed by atoms with Crippen molar-refractivity contribution in [3.8, 4) is 0 Å². The van der Waals surface area contributed by atoms with E-state index in [-0.39, 0.29) is 23.2 Å². The Morgan fingerprint density at radius 2 is 2.40 bits per heavy atom. The number of ether oxygens (including phenoxy) is 1. The molecule has 7 nitrogen and oxygen atoms in total. The number of aryl methyl sites for hydroxylation is 1. The molecule has 0 saturated carbocycles. The third-order valence-corrected chi connectivity index (χ3v) is 1.55. The minimum Gasteiger partial charge on any atom is -0.437 e. The molecule has 1 aromatic heterocycles. The van der Waals surface area contributed by atoms with Gasteiger partial charge in [-0.1, -0.05) is 18.8 Å². The third-order valence-electron chi connectivity index (χ3n) is 1.55. The van der Waals surface area contributed by atoms with Crippen LogP contribution in [0, 0.1) is 18.0 Å². The van der Waals surface area contributed by atoms with E-state index in [0.717, 1.165) is 0 Å². The monoisotopic (exact) mass is 215 g/mol. The molecule has 0 bridgehead atoms. The van der Waals surface area contributed by atoms with Crippen molar-refractivity contribution >= 4 is 11.9 Å². The number of aromatic nitrogens is 2. The van der Waals surface area contributed by atoms with Gasteiger partial charge in [0.1, 0.15) is 0 Å². The fraction of sp³-hybridized carbons (Fsp3) is 0.625. The maximum atomic E-state index is 11.2. The summed E-state index contributed by atoms with van der Waals surface area (Å²) in [7, 11) is 0. The molecule has 1 amide bonds. The first-order valence-electron chi connectivity index (χ1n) is 4.50. The SMILES string of the molecule is Cc1no[n+]([O-])c1NC(=O)OCC(C)C.